The zero-order valence-corrected chi connectivity index (χ0v) is 13.5. The molecule has 1 aromatic rings. The van der Waals surface area contributed by atoms with E-state index in [1.807, 2.05) is 0 Å². The maximum Gasteiger partial charge on any atom is 0.251 e. The fraction of sp³-hybridized carbons (Fsp3) is 0.467. The summed E-state index contributed by atoms with van der Waals surface area (Å²) in [4.78, 5) is 26.2. The van der Waals surface area contributed by atoms with Crippen LogP contribution in [0, 0.1) is 0 Å². The van der Waals surface area contributed by atoms with Crippen LogP contribution in [0.2, 0.25) is 10.0 Å². The van der Waals surface area contributed by atoms with Gasteiger partial charge in [-0.05, 0) is 30.5 Å². The summed E-state index contributed by atoms with van der Waals surface area (Å²) in [5, 5.41) is 13.3. The highest BCUT2D eigenvalue weighted by Crippen LogP contribution is 2.46. The van der Waals surface area contributed by atoms with Crippen LogP contribution in [0.5, 0.6) is 0 Å². The van der Waals surface area contributed by atoms with Crippen molar-refractivity contribution in [3.63, 3.8) is 0 Å². The molecule has 2 heterocycles. The van der Waals surface area contributed by atoms with Gasteiger partial charge in [-0.1, -0.05) is 30.1 Å². The minimum atomic E-state index is -1.02. The van der Waals surface area contributed by atoms with E-state index in [4.69, 9.17) is 23.2 Å². The van der Waals surface area contributed by atoms with Crippen molar-refractivity contribution in [3.05, 3.63) is 27.7 Å². The fourth-order valence-corrected chi connectivity index (χ4v) is 3.53. The van der Waals surface area contributed by atoms with Gasteiger partial charge in [-0.2, -0.15) is 0 Å². The Kier molecular flexibility index (Phi) is 3.83. The molecule has 3 rings (SSSR count). The van der Waals surface area contributed by atoms with E-state index in [2.05, 4.69) is 5.32 Å². The molecule has 0 aliphatic carbocycles. The Balaban J connectivity index is 1.95. The van der Waals surface area contributed by atoms with Crippen LogP contribution in [0.4, 0.5) is 5.69 Å². The summed E-state index contributed by atoms with van der Waals surface area (Å²) in [6.45, 7) is 2.43. The molecule has 22 heavy (non-hydrogen) atoms. The number of benzene rings is 1. The number of rotatable bonds is 2. The lowest BCUT2D eigenvalue weighted by Crippen LogP contribution is -2.42. The van der Waals surface area contributed by atoms with Gasteiger partial charge in [-0.15, -0.1) is 0 Å². The van der Waals surface area contributed by atoms with Crippen molar-refractivity contribution >= 4 is 40.7 Å². The second-order valence-electron chi connectivity index (χ2n) is 5.78. The average molecular weight is 343 g/mol. The molecule has 0 bridgehead atoms. The number of nitrogens with zero attached hydrogens (tertiary/aromatic N) is 1. The predicted octanol–water partition coefficient (Wildman–Crippen LogP) is 2.19. The van der Waals surface area contributed by atoms with Gasteiger partial charge in [0.25, 0.3) is 5.91 Å². The molecule has 1 aromatic carbocycles. The molecule has 2 amide bonds. The molecule has 1 fully saturated rings. The Morgan fingerprint density at radius 3 is 2.82 bits per heavy atom. The van der Waals surface area contributed by atoms with Gasteiger partial charge in [0.1, 0.15) is 6.10 Å². The molecule has 2 aliphatic rings. The van der Waals surface area contributed by atoms with Crippen molar-refractivity contribution in [2.45, 2.75) is 31.3 Å². The van der Waals surface area contributed by atoms with Crippen molar-refractivity contribution in [3.8, 4) is 0 Å². The number of carbonyl (C=O) groups excluding carboxylic acids is 2. The lowest BCUT2D eigenvalue weighted by Gasteiger charge is -2.24. The summed E-state index contributed by atoms with van der Waals surface area (Å²) < 4.78 is 0. The van der Waals surface area contributed by atoms with Crippen LogP contribution in [-0.4, -0.2) is 41.0 Å². The molecule has 0 radical (unpaired) electrons. The lowest BCUT2D eigenvalue weighted by molar-refractivity contribution is -0.139. The van der Waals surface area contributed by atoms with Crippen LogP contribution < -0.4 is 5.32 Å². The molecule has 2 atom stereocenters. The molecular weight excluding hydrogens is 327 g/mol. The van der Waals surface area contributed by atoms with E-state index < -0.39 is 11.5 Å². The number of amides is 2. The van der Waals surface area contributed by atoms with E-state index in [-0.39, 0.29) is 18.4 Å². The van der Waals surface area contributed by atoms with E-state index in [0.29, 0.717) is 35.1 Å². The SMILES string of the molecule is CC[C@@H](O)C(=O)N1CC[C@]2(C1)C(=O)Nc1cc(Cl)c(Cl)cc12. The summed E-state index contributed by atoms with van der Waals surface area (Å²) in [6, 6.07) is 3.33. The van der Waals surface area contributed by atoms with E-state index in [9.17, 15) is 14.7 Å². The van der Waals surface area contributed by atoms with Crippen molar-refractivity contribution in [2.75, 3.05) is 18.4 Å². The molecule has 1 spiro atoms. The van der Waals surface area contributed by atoms with E-state index in [0.717, 1.165) is 5.56 Å². The van der Waals surface area contributed by atoms with E-state index in [1.165, 1.54) is 0 Å². The normalized spacial score (nSPS) is 24.5. The van der Waals surface area contributed by atoms with Crippen LogP contribution in [-0.2, 0) is 15.0 Å². The summed E-state index contributed by atoms with van der Waals surface area (Å²) >= 11 is 12.1. The van der Waals surface area contributed by atoms with Gasteiger partial charge < -0.3 is 15.3 Å². The first kappa shape index (κ1) is 15.6. The molecule has 0 aromatic heterocycles. The molecule has 0 saturated carbocycles. The first-order chi connectivity index (χ1) is 10.4. The van der Waals surface area contributed by atoms with Gasteiger partial charge in [0.05, 0.1) is 15.5 Å². The average Bonchev–Trinajstić information content (AvgIpc) is 3.04. The minimum Gasteiger partial charge on any atom is -0.383 e. The number of hydrogen-bond donors (Lipinski definition) is 2. The number of halogens is 2. The largest absolute Gasteiger partial charge is 0.383 e. The molecule has 2 aliphatic heterocycles. The van der Waals surface area contributed by atoms with Gasteiger partial charge in [-0.25, -0.2) is 0 Å². The Morgan fingerprint density at radius 1 is 1.45 bits per heavy atom. The van der Waals surface area contributed by atoms with Gasteiger partial charge in [-0.3, -0.25) is 9.59 Å². The number of hydrogen-bond acceptors (Lipinski definition) is 3. The molecule has 0 unspecified atom stereocenters. The number of anilines is 1. The standard InChI is InChI=1S/C15H16Cl2N2O3/c1-2-12(20)13(21)19-4-3-15(7-19)8-5-9(16)10(17)6-11(8)18-14(15)22/h5-6,12,20H,2-4,7H2,1H3,(H,18,22)/t12-,15-/m1/s1. The number of aliphatic hydroxyl groups excluding tert-OH is 1. The highest BCUT2D eigenvalue weighted by atomic mass is 35.5. The Hall–Kier alpha value is -1.30. The smallest absolute Gasteiger partial charge is 0.251 e. The van der Waals surface area contributed by atoms with Crippen molar-refractivity contribution in [1.29, 1.82) is 0 Å². The highest BCUT2D eigenvalue weighted by molar-refractivity contribution is 6.42. The summed E-state index contributed by atoms with van der Waals surface area (Å²) in [5.74, 6) is -0.484. The molecule has 7 heteroatoms. The van der Waals surface area contributed by atoms with Crippen molar-refractivity contribution in [2.24, 2.45) is 0 Å². The highest BCUT2D eigenvalue weighted by Gasteiger charge is 2.52. The number of nitrogens with one attached hydrogen (secondary N) is 1. The molecule has 5 nitrogen and oxygen atoms in total. The number of carbonyl (C=O) groups is 2. The second kappa shape index (κ2) is 5.41. The van der Waals surface area contributed by atoms with E-state index in [1.54, 1.807) is 24.0 Å². The lowest BCUT2D eigenvalue weighted by atomic mass is 9.81. The van der Waals surface area contributed by atoms with E-state index >= 15 is 0 Å². The number of fused-ring (bicyclic) bond motifs is 2. The zero-order valence-electron chi connectivity index (χ0n) is 12.0. The van der Waals surface area contributed by atoms with Gasteiger partial charge in [0.15, 0.2) is 0 Å². The third-order valence-corrected chi connectivity index (χ3v) is 5.23. The summed E-state index contributed by atoms with van der Waals surface area (Å²) in [5.41, 5.74) is 0.616. The second-order valence-corrected chi connectivity index (χ2v) is 6.60. The monoisotopic (exact) mass is 342 g/mol. The van der Waals surface area contributed by atoms with Crippen LogP contribution in [0.15, 0.2) is 12.1 Å². The van der Waals surface area contributed by atoms with Crippen molar-refractivity contribution < 1.29 is 14.7 Å². The van der Waals surface area contributed by atoms with Crippen LogP contribution >= 0.6 is 23.2 Å². The van der Waals surface area contributed by atoms with Crippen LogP contribution in [0.25, 0.3) is 0 Å². The quantitative estimate of drug-likeness (QED) is 0.865. The van der Waals surface area contributed by atoms with Gasteiger partial charge in [0.2, 0.25) is 5.91 Å². The molecule has 118 valence electrons. The predicted molar refractivity (Wildman–Crippen MR) is 84.3 cm³/mol. The Bertz CT molecular complexity index is 664. The first-order valence-electron chi connectivity index (χ1n) is 7.17. The fourth-order valence-electron chi connectivity index (χ4n) is 3.20. The first-order valence-corrected chi connectivity index (χ1v) is 7.92. The minimum absolute atomic E-state index is 0.151. The summed E-state index contributed by atoms with van der Waals surface area (Å²) in [6.07, 6.45) is -0.161. The van der Waals surface area contributed by atoms with Crippen molar-refractivity contribution in [1.82, 2.24) is 4.90 Å². The number of likely N-dealkylation sites (tertiary alicyclic amines) is 1. The maximum atomic E-state index is 12.5. The third-order valence-electron chi connectivity index (χ3n) is 4.51. The summed E-state index contributed by atoms with van der Waals surface area (Å²) in [7, 11) is 0. The van der Waals surface area contributed by atoms with Crippen LogP contribution in [0.3, 0.4) is 0 Å². The number of aliphatic hydroxyl groups is 1. The third kappa shape index (κ3) is 2.19. The Morgan fingerprint density at radius 2 is 2.14 bits per heavy atom. The molecule has 2 N–H and O–H groups in total. The zero-order chi connectivity index (χ0) is 16.1. The Labute approximate surface area is 138 Å². The molecular formula is C15H16Cl2N2O3. The molecule has 1 saturated heterocycles. The topological polar surface area (TPSA) is 69.6 Å². The van der Waals surface area contributed by atoms with Gasteiger partial charge in [0, 0.05) is 18.8 Å². The van der Waals surface area contributed by atoms with Gasteiger partial charge >= 0.3 is 0 Å². The maximum absolute atomic E-state index is 12.5. The van der Waals surface area contributed by atoms with Crippen LogP contribution in [0.1, 0.15) is 25.3 Å².